The Kier molecular flexibility index (Phi) is 4.21. The van der Waals surface area contributed by atoms with Gasteiger partial charge in [-0.2, -0.15) is 0 Å². The summed E-state index contributed by atoms with van der Waals surface area (Å²) in [5.41, 5.74) is 5.73. The van der Waals surface area contributed by atoms with Crippen LogP contribution in [-0.2, 0) is 6.54 Å². The monoisotopic (exact) mass is 185 g/mol. The lowest BCUT2D eigenvalue weighted by Crippen LogP contribution is -2.32. The Morgan fingerprint density at radius 2 is 2.58 bits per heavy atom. The third kappa shape index (κ3) is 3.30. The number of thiazole rings is 1. The molecule has 0 aromatic carbocycles. The second-order valence-electron chi connectivity index (χ2n) is 2.73. The highest BCUT2D eigenvalue weighted by Crippen LogP contribution is 2.02. The Morgan fingerprint density at radius 3 is 3.17 bits per heavy atom. The molecule has 0 amide bonds. The molecule has 1 aromatic rings. The lowest BCUT2D eigenvalue weighted by molar-refractivity contribution is 0.562. The van der Waals surface area contributed by atoms with Crippen LogP contribution in [0.25, 0.3) is 0 Å². The summed E-state index contributed by atoms with van der Waals surface area (Å²) in [5.74, 6) is 0. The van der Waals surface area contributed by atoms with Crippen LogP contribution in [0, 0.1) is 0 Å². The van der Waals surface area contributed by atoms with Crippen molar-refractivity contribution < 1.29 is 0 Å². The summed E-state index contributed by atoms with van der Waals surface area (Å²) in [5, 5.41) is 6.37. The van der Waals surface area contributed by atoms with E-state index in [1.165, 1.54) is 0 Å². The third-order valence-corrected chi connectivity index (χ3v) is 2.47. The van der Waals surface area contributed by atoms with Crippen molar-refractivity contribution in [3.8, 4) is 0 Å². The summed E-state index contributed by atoms with van der Waals surface area (Å²) >= 11 is 1.67. The topological polar surface area (TPSA) is 50.9 Å². The molecule has 1 rings (SSSR count). The average molecular weight is 185 g/mol. The second kappa shape index (κ2) is 5.24. The molecule has 0 saturated carbocycles. The summed E-state index contributed by atoms with van der Waals surface area (Å²) in [7, 11) is 0. The summed E-state index contributed by atoms with van der Waals surface area (Å²) < 4.78 is 0. The summed E-state index contributed by atoms with van der Waals surface area (Å²) in [6.45, 7) is 3.80. The van der Waals surface area contributed by atoms with E-state index in [-0.39, 0.29) is 6.04 Å². The number of nitrogens with two attached hydrogens (primary N) is 1. The highest BCUT2D eigenvalue weighted by Gasteiger charge is 1.98. The Bertz CT molecular complexity index is 198. The van der Waals surface area contributed by atoms with Crippen LogP contribution >= 0.6 is 11.3 Å². The molecule has 0 fully saturated rings. The lowest BCUT2D eigenvalue weighted by Gasteiger charge is -2.08. The molecule has 68 valence electrons. The van der Waals surface area contributed by atoms with Crippen molar-refractivity contribution in [3.63, 3.8) is 0 Å². The summed E-state index contributed by atoms with van der Waals surface area (Å²) in [4.78, 5) is 4.15. The second-order valence-corrected chi connectivity index (χ2v) is 3.70. The zero-order valence-corrected chi connectivity index (χ0v) is 8.10. The van der Waals surface area contributed by atoms with Crippen LogP contribution in [0.1, 0.15) is 18.4 Å². The van der Waals surface area contributed by atoms with Gasteiger partial charge in [0.05, 0.1) is 0 Å². The van der Waals surface area contributed by atoms with Gasteiger partial charge in [0.15, 0.2) is 0 Å². The van der Waals surface area contributed by atoms with Crippen LogP contribution < -0.4 is 11.1 Å². The smallest absolute Gasteiger partial charge is 0.106 e. The van der Waals surface area contributed by atoms with Crippen LogP contribution in [0.3, 0.4) is 0 Å². The van der Waals surface area contributed by atoms with E-state index in [0.717, 1.165) is 24.5 Å². The van der Waals surface area contributed by atoms with Gasteiger partial charge in [0.25, 0.3) is 0 Å². The first kappa shape index (κ1) is 9.64. The highest BCUT2D eigenvalue weighted by molar-refractivity contribution is 7.09. The van der Waals surface area contributed by atoms with E-state index in [1.54, 1.807) is 11.3 Å². The maximum Gasteiger partial charge on any atom is 0.106 e. The van der Waals surface area contributed by atoms with E-state index in [4.69, 9.17) is 5.73 Å². The molecule has 0 aliphatic heterocycles. The Balaban J connectivity index is 2.11. The van der Waals surface area contributed by atoms with Crippen molar-refractivity contribution in [2.45, 2.75) is 25.9 Å². The van der Waals surface area contributed by atoms with Crippen LogP contribution in [0.4, 0.5) is 0 Å². The molecule has 3 N–H and O–H groups in total. The van der Waals surface area contributed by atoms with Gasteiger partial charge < -0.3 is 11.1 Å². The number of nitrogens with zero attached hydrogens (tertiary/aromatic N) is 1. The first-order valence-electron chi connectivity index (χ1n) is 4.17. The third-order valence-electron chi connectivity index (χ3n) is 1.69. The quantitative estimate of drug-likeness (QED) is 0.718. The first-order chi connectivity index (χ1) is 5.83. The maximum absolute atomic E-state index is 5.73. The van der Waals surface area contributed by atoms with Crippen LogP contribution in [0.2, 0.25) is 0 Å². The largest absolute Gasteiger partial charge is 0.327 e. The van der Waals surface area contributed by atoms with Crippen molar-refractivity contribution >= 4 is 11.3 Å². The number of aromatic nitrogens is 1. The molecule has 3 nitrogen and oxygen atoms in total. The minimum Gasteiger partial charge on any atom is -0.327 e. The van der Waals surface area contributed by atoms with Gasteiger partial charge in [-0.15, -0.1) is 11.3 Å². The van der Waals surface area contributed by atoms with Gasteiger partial charge in [-0.1, -0.05) is 6.92 Å². The fourth-order valence-corrected chi connectivity index (χ4v) is 1.44. The molecule has 1 atom stereocenters. The lowest BCUT2D eigenvalue weighted by atomic mass is 10.2. The highest BCUT2D eigenvalue weighted by atomic mass is 32.1. The summed E-state index contributed by atoms with van der Waals surface area (Å²) in [6, 6.07) is 0.268. The zero-order valence-electron chi connectivity index (χ0n) is 7.29. The van der Waals surface area contributed by atoms with Gasteiger partial charge in [0.2, 0.25) is 0 Å². The van der Waals surface area contributed by atoms with E-state index in [1.807, 2.05) is 11.6 Å². The van der Waals surface area contributed by atoms with Crippen LogP contribution in [0.5, 0.6) is 0 Å². The Labute approximate surface area is 77.0 Å². The van der Waals surface area contributed by atoms with E-state index in [9.17, 15) is 0 Å². The molecule has 0 radical (unpaired) electrons. The molecule has 4 heteroatoms. The molecule has 1 unspecified atom stereocenters. The fourth-order valence-electron chi connectivity index (χ4n) is 0.849. The standard InChI is InChI=1S/C8H15N3S/c1-2-7(9)5-10-6-8-11-3-4-12-8/h3-4,7,10H,2,5-6,9H2,1H3. The van der Waals surface area contributed by atoms with Crippen molar-refractivity contribution in [2.24, 2.45) is 5.73 Å². The zero-order chi connectivity index (χ0) is 8.81. The van der Waals surface area contributed by atoms with E-state index >= 15 is 0 Å². The average Bonchev–Trinajstić information content (AvgIpc) is 2.57. The number of rotatable bonds is 5. The maximum atomic E-state index is 5.73. The van der Waals surface area contributed by atoms with E-state index in [2.05, 4.69) is 17.2 Å². The molecule has 0 saturated heterocycles. The van der Waals surface area contributed by atoms with Gasteiger partial charge in [-0.25, -0.2) is 4.98 Å². The number of hydrogen-bond donors (Lipinski definition) is 2. The minimum atomic E-state index is 0.268. The van der Waals surface area contributed by atoms with Crippen molar-refractivity contribution in [3.05, 3.63) is 16.6 Å². The Hall–Kier alpha value is -0.450. The number of hydrogen-bond acceptors (Lipinski definition) is 4. The van der Waals surface area contributed by atoms with Crippen LogP contribution in [0.15, 0.2) is 11.6 Å². The predicted octanol–water partition coefficient (Wildman–Crippen LogP) is 0.970. The molecular formula is C8H15N3S. The number of nitrogens with one attached hydrogen (secondary N) is 1. The molecule has 0 spiro atoms. The van der Waals surface area contributed by atoms with E-state index in [0.29, 0.717) is 0 Å². The fraction of sp³-hybridized carbons (Fsp3) is 0.625. The van der Waals surface area contributed by atoms with Crippen molar-refractivity contribution in [1.82, 2.24) is 10.3 Å². The van der Waals surface area contributed by atoms with Gasteiger partial charge in [0.1, 0.15) is 5.01 Å². The van der Waals surface area contributed by atoms with Gasteiger partial charge in [-0.05, 0) is 6.42 Å². The molecule has 0 aliphatic carbocycles. The molecule has 0 bridgehead atoms. The van der Waals surface area contributed by atoms with Gasteiger partial charge in [-0.3, -0.25) is 0 Å². The Morgan fingerprint density at radius 1 is 1.75 bits per heavy atom. The molecule has 0 aliphatic rings. The molecular weight excluding hydrogens is 170 g/mol. The van der Waals surface area contributed by atoms with Gasteiger partial charge in [0, 0.05) is 30.7 Å². The van der Waals surface area contributed by atoms with Crippen LogP contribution in [-0.4, -0.2) is 17.6 Å². The molecule has 1 aromatic heterocycles. The van der Waals surface area contributed by atoms with Crippen molar-refractivity contribution in [2.75, 3.05) is 6.54 Å². The summed E-state index contributed by atoms with van der Waals surface area (Å²) in [6.07, 6.45) is 2.84. The molecule has 12 heavy (non-hydrogen) atoms. The van der Waals surface area contributed by atoms with Crippen molar-refractivity contribution in [1.29, 1.82) is 0 Å². The normalized spacial score (nSPS) is 13.2. The molecule has 1 heterocycles. The predicted molar refractivity (Wildman–Crippen MR) is 52.1 cm³/mol. The first-order valence-corrected chi connectivity index (χ1v) is 5.05. The minimum absolute atomic E-state index is 0.268. The van der Waals surface area contributed by atoms with E-state index < -0.39 is 0 Å². The SMILES string of the molecule is CCC(N)CNCc1nccs1. The van der Waals surface area contributed by atoms with Gasteiger partial charge >= 0.3 is 0 Å².